The quantitative estimate of drug-likeness (QED) is 0.620. The molecule has 80 valence electrons. The van der Waals surface area contributed by atoms with E-state index in [1.54, 1.807) is 7.11 Å². The molecule has 1 aromatic carbocycles. The van der Waals surface area contributed by atoms with Crippen molar-refractivity contribution in [2.75, 3.05) is 7.11 Å². The zero-order valence-corrected chi connectivity index (χ0v) is 9.27. The van der Waals surface area contributed by atoms with Gasteiger partial charge in [0.2, 0.25) is 0 Å². The van der Waals surface area contributed by atoms with E-state index in [1.165, 1.54) is 0 Å². The average Bonchev–Trinajstić information content (AvgIpc) is 2.74. The van der Waals surface area contributed by atoms with E-state index in [0.717, 1.165) is 28.1 Å². The Morgan fingerprint density at radius 2 is 1.88 bits per heavy atom. The number of aromatic nitrogens is 2. The molecule has 0 N–H and O–H groups in total. The zero-order valence-electron chi connectivity index (χ0n) is 9.27. The molecule has 0 aliphatic heterocycles. The van der Waals surface area contributed by atoms with Gasteiger partial charge in [-0.15, -0.1) is 0 Å². The van der Waals surface area contributed by atoms with E-state index in [-0.39, 0.29) is 0 Å². The third-order valence-electron chi connectivity index (χ3n) is 2.84. The van der Waals surface area contributed by atoms with Gasteiger partial charge >= 0.3 is 0 Å². The third kappa shape index (κ3) is 1.11. The molecule has 2 heterocycles. The molecule has 16 heavy (non-hydrogen) atoms. The second-order valence-electron chi connectivity index (χ2n) is 3.78. The number of ether oxygens (including phenoxy) is 1. The second kappa shape index (κ2) is 3.23. The number of methoxy groups -OCH3 is 1. The predicted molar refractivity (Wildman–Crippen MR) is 64.0 cm³/mol. The van der Waals surface area contributed by atoms with Gasteiger partial charge in [-0.05, 0) is 25.1 Å². The molecule has 0 spiro atoms. The first-order valence-corrected chi connectivity index (χ1v) is 5.22. The third-order valence-corrected chi connectivity index (χ3v) is 2.84. The van der Waals surface area contributed by atoms with Crippen LogP contribution in [0.1, 0.15) is 5.69 Å². The first kappa shape index (κ1) is 9.21. The number of aryl methyl sites for hydroxylation is 1. The fraction of sp³-hybridized carbons (Fsp3) is 0.154. The average molecular weight is 212 g/mol. The van der Waals surface area contributed by atoms with E-state index < -0.39 is 0 Å². The molecule has 0 amide bonds. The maximum atomic E-state index is 5.37. The highest BCUT2D eigenvalue weighted by atomic mass is 16.5. The van der Waals surface area contributed by atoms with E-state index in [9.17, 15) is 0 Å². The van der Waals surface area contributed by atoms with Crippen LogP contribution in [0, 0.1) is 6.92 Å². The maximum Gasteiger partial charge on any atom is 0.198 e. The van der Waals surface area contributed by atoms with Gasteiger partial charge in [0.15, 0.2) is 5.88 Å². The van der Waals surface area contributed by atoms with Crippen LogP contribution in [0.4, 0.5) is 0 Å². The molecule has 3 aromatic rings. The minimum Gasteiger partial charge on any atom is -0.482 e. The maximum absolute atomic E-state index is 5.37. The smallest absolute Gasteiger partial charge is 0.198 e. The number of rotatable bonds is 1. The lowest BCUT2D eigenvalue weighted by atomic mass is 10.2. The van der Waals surface area contributed by atoms with Crippen molar-refractivity contribution in [1.82, 2.24) is 9.38 Å². The molecule has 0 radical (unpaired) electrons. The molecule has 0 atom stereocenters. The van der Waals surface area contributed by atoms with Crippen molar-refractivity contribution in [2.45, 2.75) is 6.92 Å². The van der Waals surface area contributed by atoms with Gasteiger partial charge in [0.05, 0.1) is 29.4 Å². The molecule has 0 bridgehead atoms. The summed E-state index contributed by atoms with van der Waals surface area (Å²) in [6.45, 7) is 2.02. The molecule has 0 fully saturated rings. The lowest BCUT2D eigenvalue weighted by molar-refractivity contribution is 0.396. The van der Waals surface area contributed by atoms with Gasteiger partial charge in [-0.25, -0.2) is 4.98 Å². The summed E-state index contributed by atoms with van der Waals surface area (Å²) in [5, 5.41) is 0. The summed E-state index contributed by atoms with van der Waals surface area (Å²) in [6, 6.07) is 12.1. The minimum atomic E-state index is 0.844. The molecule has 3 rings (SSSR count). The van der Waals surface area contributed by atoms with Gasteiger partial charge < -0.3 is 4.74 Å². The van der Waals surface area contributed by atoms with E-state index in [4.69, 9.17) is 4.74 Å². The van der Waals surface area contributed by atoms with Crippen molar-refractivity contribution >= 4 is 16.6 Å². The monoisotopic (exact) mass is 212 g/mol. The lowest BCUT2D eigenvalue weighted by Gasteiger charge is -2.07. The summed E-state index contributed by atoms with van der Waals surface area (Å²) < 4.78 is 7.46. The Morgan fingerprint density at radius 3 is 2.69 bits per heavy atom. The van der Waals surface area contributed by atoms with Crippen molar-refractivity contribution in [3.05, 3.63) is 42.1 Å². The van der Waals surface area contributed by atoms with Gasteiger partial charge in [-0.1, -0.05) is 12.1 Å². The Hall–Kier alpha value is -2.03. The van der Waals surface area contributed by atoms with Crippen LogP contribution in [0.15, 0.2) is 36.4 Å². The summed E-state index contributed by atoms with van der Waals surface area (Å²) in [5.74, 6) is 0.844. The van der Waals surface area contributed by atoms with Crippen LogP contribution in [0.3, 0.4) is 0 Å². The van der Waals surface area contributed by atoms with Crippen LogP contribution in [0.25, 0.3) is 16.6 Å². The molecular weight excluding hydrogens is 200 g/mol. The van der Waals surface area contributed by atoms with E-state index >= 15 is 0 Å². The number of benzene rings is 1. The summed E-state index contributed by atoms with van der Waals surface area (Å²) in [5.41, 5.74) is 4.17. The first-order valence-electron chi connectivity index (χ1n) is 5.22. The number of nitrogens with zero attached hydrogens (tertiary/aromatic N) is 2. The molecular formula is C13H12N2O. The summed E-state index contributed by atoms with van der Waals surface area (Å²) >= 11 is 0. The topological polar surface area (TPSA) is 26.5 Å². The predicted octanol–water partition coefficient (Wildman–Crippen LogP) is 2.80. The zero-order chi connectivity index (χ0) is 11.1. The van der Waals surface area contributed by atoms with Crippen molar-refractivity contribution in [3.63, 3.8) is 0 Å². The Labute approximate surface area is 93.3 Å². The van der Waals surface area contributed by atoms with Crippen LogP contribution in [-0.4, -0.2) is 16.5 Å². The number of para-hydroxylation sites is 2. The van der Waals surface area contributed by atoms with Crippen molar-refractivity contribution in [1.29, 1.82) is 0 Å². The van der Waals surface area contributed by atoms with E-state index in [2.05, 4.69) is 15.5 Å². The normalized spacial score (nSPS) is 11.1. The van der Waals surface area contributed by atoms with Crippen molar-refractivity contribution < 1.29 is 4.74 Å². The van der Waals surface area contributed by atoms with Crippen LogP contribution in [-0.2, 0) is 0 Å². The van der Waals surface area contributed by atoms with Gasteiger partial charge in [-0.3, -0.25) is 4.40 Å². The van der Waals surface area contributed by atoms with Gasteiger partial charge in [-0.2, -0.15) is 0 Å². The Morgan fingerprint density at radius 1 is 1.06 bits per heavy atom. The number of hydrogen-bond acceptors (Lipinski definition) is 2. The largest absolute Gasteiger partial charge is 0.482 e. The van der Waals surface area contributed by atoms with Crippen LogP contribution in [0.2, 0.25) is 0 Å². The molecule has 0 aliphatic carbocycles. The van der Waals surface area contributed by atoms with Gasteiger partial charge in [0.25, 0.3) is 0 Å². The fourth-order valence-corrected chi connectivity index (χ4v) is 2.09. The Kier molecular flexibility index (Phi) is 1.86. The first-order chi connectivity index (χ1) is 7.81. The minimum absolute atomic E-state index is 0.844. The summed E-state index contributed by atoms with van der Waals surface area (Å²) in [6.07, 6.45) is 0. The highest BCUT2D eigenvalue weighted by Gasteiger charge is 2.08. The Bertz CT molecular complexity index is 670. The van der Waals surface area contributed by atoms with Crippen LogP contribution < -0.4 is 4.74 Å². The lowest BCUT2D eigenvalue weighted by Crippen LogP contribution is -1.96. The molecule has 3 nitrogen and oxygen atoms in total. The second-order valence-corrected chi connectivity index (χ2v) is 3.78. The fourth-order valence-electron chi connectivity index (χ4n) is 2.09. The molecule has 0 aliphatic rings. The van der Waals surface area contributed by atoms with Crippen LogP contribution in [0.5, 0.6) is 5.88 Å². The summed E-state index contributed by atoms with van der Waals surface area (Å²) in [4.78, 5) is 4.58. The molecule has 3 heteroatoms. The number of fused-ring (bicyclic) bond motifs is 3. The van der Waals surface area contributed by atoms with Gasteiger partial charge in [0, 0.05) is 6.07 Å². The van der Waals surface area contributed by atoms with Crippen molar-refractivity contribution in [3.8, 4) is 5.88 Å². The van der Waals surface area contributed by atoms with Crippen molar-refractivity contribution in [2.24, 2.45) is 0 Å². The van der Waals surface area contributed by atoms with Gasteiger partial charge in [0.1, 0.15) is 0 Å². The van der Waals surface area contributed by atoms with Crippen LogP contribution >= 0.6 is 0 Å². The molecule has 0 unspecified atom stereocenters. The molecule has 0 saturated carbocycles. The SMILES string of the molecule is COc1ccc2c(C)nc3ccccc3n12. The van der Waals surface area contributed by atoms with E-state index in [0.29, 0.717) is 0 Å². The molecule has 0 saturated heterocycles. The number of hydrogen-bond donors (Lipinski definition) is 0. The standard InChI is InChI=1S/C13H12N2O/c1-9-11-7-8-13(16-2)15(11)12-6-4-3-5-10(12)14-9/h3-8H,1-2H3. The molecule has 2 aromatic heterocycles. The Balaban J connectivity index is 2.59. The summed E-state index contributed by atoms with van der Waals surface area (Å²) in [7, 11) is 1.69. The highest BCUT2D eigenvalue weighted by Crippen LogP contribution is 2.24. The van der Waals surface area contributed by atoms with E-state index in [1.807, 2.05) is 37.3 Å². The highest BCUT2D eigenvalue weighted by molar-refractivity contribution is 5.80.